The molecule has 1 aliphatic heterocycles. The van der Waals surface area contributed by atoms with Gasteiger partial charge in [0.15, 0.2) is 0 Å². The molecule has 21 heavy (non-hydrogen) atoms. The van der Waals surface area contributed by atoms with E-state index < -0.39 is 17.3 Å². The Bertz CT molecular complexity index is 593. The van der Waals surface area contributed by atoms with Crippen LogP contribution < -0.4 is 0 Å². The second kappa shape index (κ2) is 4.86. The first kappa shape index (κ1) is 14.1. The van der Waals surface area contributed by atoms with Crippen molar-refractivity contribution in [3.63, 3.8) is 0 Å². The number of carbonyl (C=O) groups is 2. The first-order valence-corrected chi connectivity index (χ1v) is 7.51. The average Bonchev–Trinajstić information content (AvgIpc) is 3.07. The summed E-state index contributed by atoms with van der Waals surface area (Å²) in [5.74, 6) is -1.76. The van der Waals surface area contributed by atoms with Crippen LogP contribution in [0, 0.1) is 17.3 Å². The fourth-order valence-corrected chi connectivity index (χ4v) is 3.65. The largest absolute Gasteiger partial charge is 0.481 e. The highest BCUT2D eigenvalue weighted by atomic mass is 16.4. The number of aryl methyl sites for hydroxylation is 1. The topological polar surface area (TPSA) is 57.6 Å². The summed E-state index contributed by atoms with van der Waals surface area (Å²) in [4.78, 5) is 25.8. The number of hydrogen-bond donors (Lipinski definition) is 1. The number of carbonyl (C=O) groups excluding carboxylic acids is 1. The van der Waals surface area contributed by atoms with Crippen molar-refractivity contribution in [3.05, 3.63) is 35.4 Å². The quantitative estimate of drug-likeness (QED) is 0.908. The number of hydrogen-bond acceptors (Lipinski definition) is 2. The maximum Gasteiger partial charge on any atom is 0.307 e. The highest BCUT2D eigenvalue weighted by molar-refractivity contribution is 5.91. The van der Waals surface area contributed by atoms with Crippen LogP contribution in [0.1, 0.15) is 31.4 Å². The molecule has 0 spiro atoms. The van der Waals surface area contributed by atoms with Gasteiger partial charge in [-0.15, -0.1) is 0 Å². The van der Waals surface area contributed by atoms with Crippen molar-refractivity contribution in [1.82, 2.24) is 4.90 Å². The van der Waals surface area contributed by atoms with E-state index in [2.05, 4.69) is 12.1 Å². The van der Waals surface area contributed by atoms with Gasteiger partial charge in [0, 0.05) is 13.1 Å². The Morgan fingerprint density at radius 3 is 2.48 bits per heavy atom. The van der Waals surface area contributed by atoms with Crippen LogP contribution in [0.5, 0.6) is 0 Å². The maximum atomic E-state index is 12.7. The SMILES string of the molecule is CC1(C)[C@H](C(=O)O)[C@@H]1C(=O)N1CCCc2ccccc2C1. The molecule has 2 aliphatic rings. The van der Waals surface area contributed by atoms with Crippen LogP contribution in [0.3, 0.4) is 0 Å². The summed E-state index contributed by atoms with van der Waals surface area (Å²) in [5.41, 5.74) is 2.07. The third kappa shape index (κ3) is 2.33. The molecule has 0 radical (unpaired) electrons. The zero-order valence-electron chi connectivity index (χ0n) is 12.5. The lowest BCUT2D eigenvalue weighted by Crippen LogP contribution is -2.33. The minimum atomic E-state index is -0.853. The number of amides is 1. The van der Waals surface area contributed by atoms with Gasteiger partial charge in [-0.3, -0.25) is 9.59 Å². The normalized spacial score (nSPS) is 26.7. The van der Waals surface area contributed by atoms with Crippen molar-refractivity contribution in [2.45, 2.75) is 33.2 Å². The molecule has 1 amide bonds. The summed E-state index contributed by atoms with van der Waals surface area (Å²) in [6.45, 7) is 5.07. The van der Waals surface area contributed by atoms with Gasteiger partial charge in [-0.1, -0.05) is 38.1 Å². The van der Waals surface area contributed by atoms with E-state index in [9.17, 15) is 14.7 Å². The third-order valence-corrected chi connectivity index (χ3v) is 5.02. The number of nitrogens with zero attached hydrogens (tertiary/aromatic N) is 1. The molecule has 1 aromatic carbocycles. The summed E-state index contributed by atoms with van der Waals surface area (Å²) in [5, 5.41) is 9.25. The van der Waals surface area contributed by atoms with E-state index >= 15 is 0 Å². The van der Waals surface area contributed by atoms with Crippen LogP contribution in [0.4, 0.5) is 0 Å². The fraction of sp³-hybridized carbons (Fsp3) is 0.529. The zero-order chi connectivity index (χ0) is 15.2. The van der Waals surface area contributed by atoms with Crippen molar-refractivity contribution in [2.75, 3.05) is 6.54 Å². The van der Waals surface area contributed by atoms with Gasteiger partial charge in [-0.05, 0) is 29.4 Å². The van der Waals surface area contributed by atoms with Gasteiger partial charge in [0.2, 0.25) is 5.91 Å². The van der Waals surface area contributed by atoms with Crippen LogP contribution in [-0.4, -0.2) is 28.4 Å². The van der Waals surface area contributed by atoms with Crippen LogP contribution in [-0.2, 0) is 22.6 Å². The van der Waals surface area contributed by atoms with Crippen LogP contribution in [0.2, 0.25) is 0 Å². The summed E-state index contributed by atoms with van der Waals surface area (Å²) < 4.78 is 0. The van der Waals surface area contributed by atoms with Crippen molar-refractivity contribution < 1.29 is 14.7 Å². The smallest absolute Gasteiger partial charge is 0.307 e. The lowest BCUT2D eigenvalue weighted by Gasteiger charge is -2.21. The third-order valence-electron chi connectivity index (χ3n) is 5.02. The minimum absolute atomic E-state index is 0.00380. The van der Waals surface area contributed by atoms with Crippen LogP contribution in [0.25, 0.3) is 0 Å². The monoisotopic (exact) mass is 287 g/mol. The van der Waals surface area contributed by atoms with Gasteiger partial charge in [-0.25, -0.2) is 0 Å². The highest BCUT2D eigenvalue weighted by Gasteiger charge is 2.66. The Morgan fingerprint density at radius 2 is 1.86 bits per heavy atom. The van der Waals surface area contributed by atoms with Crippen molar-refractivity contribution in [1.29, 1.82) is 0 Å². The van der Waals surface area contributed by atoms with E-state index in [0.717, 1.165) is 12.8 Å². The molecule has 4 heteroatoms. The van der Waals surface area contributed by atoms with E-state index in [0.29, 0.717) is 13.1 Å². The predicted octanol–water partition coefficient (Wildman–Crippen LogP) is 2.32. The standard InChI is InChI=1S/C17H21NO3/c1-17(2)13(14(17)16(20)21)15(19)18-9-5-8-11-6-3-4-7-12(11)10-18/h3-4,6-7,13-14H,5,8-10H2,1-2H3,(H,20,21)/t13-,14+/m1/s1. The lowest BCUT2D eigenvalue weighted by atomic mass is 10.0. The Hall–Kier alpha value is -1.84. The maximum absolute atomic E-state index is 12.7. The molecule has 1 heterocycles. The Morgan fingerprint density at radius 1 is 1.19 bits per heavy atom. The number of benzene rings is 1. The van der Waals surface area contributed by atoms with Crippen LogP contribution >= 0.6 is 0 Å². The fourth-order valence-electron chi connectivity index (χ4n) is 3.65. The summed E-state index contributed by atoms with van der Waals surface area (Å²) in [6.07, 6.45) is 1.92. The van der Waals surface area contributed by atoms with E-state index in [1.54, 1.807) is 0 Å². The molecule has 1 aromatic rings. The number of fused-ring (bicyclic) bond motifs is 1. The number of aliphatic carboxylic acids is 1. The molecule has 0 saturated heterocycles. The Balaban J connectivity index is 1.79. The van der Waals surface area contributed by atoms with Crippen molar-refractivity contribution in [3.8, 4) is 0 Å². The van der Waals surface area contributed by atoms with E-state index in [1.165, 1.54) is 11.1 Å². The second-order valence-electron chi connectivity index (χ2n) is 6.75. The number of carboxylic acids is 1. The molecule has 3 rings (SSSR count). The lowest BCUT2D eigenvalue weighted by molar-refractivity contribution is -0.142. The minimum Gasteiger partial charge on any atom is -0.481 e. The zero-order valence-corrected chi connectivity index (χ0v) is 12.5. The molecular formula is C17H21NO3. The summed E-state index contributed by atoms with van der Waals surface area (Å²) in [6, 6.07) is 8.20. The summed E-state index contributed by atoms with van der Waals surface area (Å²) >= 11 is 0. The Labute approximate surface area is 124 Å². The molecule has 0 aromatic heterocycles. The highest BCUT2D eigenvalue weighted by Crippen LogP contribution is 2.59. The molecule has 1 saturated carbocycles. The van der Waals surface area contributed by atoms with Crippen molar-refractivity contribution in [2.24, 2.45) is 17.3 Å². The van der Waals surface area contributed by atoms with Gasteiger partial charge in [0.25, 0.3) is 0 Å². The first-order chi connectivity index (χ1) is 9.93. The molecule has 1 fully saturated rings. The number of carboxylic acid groups (broad SMARTS) is 1. The van der Waals surface area contributed by atoms with E-state index in [-0.39, 0.29) is 11.8 Å². The predicted molar refractivity (Wildman–Crippen MR) is 78.6 cm³/mol. The van der Waals surface area contributed by atoms with Gasteiger partial charge < -0.3 is 10.0 Å². The first-order valence-electron chi connectivity index (χ1n) is 7.51. The van der Waals surface area contributed by atoms with Gasteiger partial charge in [-0.2, -0.15) is 0 Å². The van der Waals surface area contributed by atoms with Crippen LogP contribution in [0.15, 0.2) is 24.3 Å². The van der Waals surface area contributed by atoms with E-state index in [4.69, 9.17) is 0 Å². The van der Waals surface area contributed by atoms with Gasteiger partial charge in [0.05, 0.1) is 11.8 Å². The number of rotatable bonds is 2. The molecule has 0 unspecified atom stereocenters. The summed E-state index contributed by atoms with van der Waals surface area (Å²) in [7, 11) is 0. The van der Waals surface area contributed by atoms with Gasteiger partial charge >= 0.3 is 5.97 Å². The van der Waals surface area contributed by atoms with Gasteiger partial charge in [0.1, 0.15) is 0 Å². The molecule has 1 N–H and O–H groups in total. The second-order valence-corrected chi connectivity index (χ2v) is 6.75. The molecule has 4 nitrogen and oxygen atoms in total. The molecule has 112 valence electrons. The average molecular weight is 287 g/mol. The molecule has 1 aliphatic carbocycles. The molecule has 0 bridgehead atoms. The molecular weight excluding hydrogens is 266 g/mol. The molecule has 2 atom stereocenters. The Kier molecular flexibility index (Phi) is 3.27. The van der Waals surface area contributed by atoms with Crippen molar-refractivity contribution >= 4 is 11.9 Å². The van der Waals surface area contributed by atoms with E-state index in [1.807, 2.05) is 30.9 Å².